The molecule has 186 valence electrons. The first-order valence-corrected chi connectivity index (χ1v) is 12.6. The van der Waals surface area contributed by atoms with Crippen LogP contribution in [0.4, 0.5) is 0 Å². The summed E-state index contributed by atoms with van der Waals surface area (Å²) in [7, 11) is -1.97. The van der Waals surface area contributed by atoms with Gasteiger partial charge in [-0.1, -0.05) is 31.2 Å². The van der Waals surface area contributed by atoms with Crippen molar-refractivity contribution in [2.24, 2.45) is 0 Å². The minimum Gasteiger partial charge on any atom is -0.497 e. The molecule has 0 saturated heterocycles. The molecule has 34 heavy (non-hydrogen) atoms. The van der Waals surface area contributed by atoms with Crippen LogP contribution in [0.1, 0.15) is 31.4 Å². The molecule has 9 nitrogen and oxygen atoms in total. The van der Waals surface area contributed by atoms with Gasteiger partial charge in [-0.05, 0) is 48.7 Å². The van der Waals surface area contributed by atoms with Crippen molar-refractivity contribution in [3.05, 3.63) is 59.7 Å². The summed E-state index contributed by atoms with van der Waals surface area (Å²) < 4.78 is 31.8. The minimum absolute atomic E-state index is 0.107. The van der Waals surface area contributed by atoms with E-state index in [1.54, 1.807) is 45.2 Å². The zero-order valence-electron chi connectivity index (χ0n) is 19.8. The van der Waals surface area contributed by atoms with Crippen molar-refractivity contribution in [2.45, 2.75) is 44.2 Å². The molecule has 1 atom stereocenters. The van der Waals surface area contributed by atoms with E-state index >= 15 is 0 Å². The first-order valence-electron chi connectivity index (χ1n) is 11.1. The van der Waals surface area contributed by atoms with E-state index in [2.05, 4.69) is 10.0 Å². The van der Waals surface area contributed by atoms with Crippen molar-refractivity contribution in [1.82, 2.24) is 14.9 Å². The molecule has 0 fully saturated rings. The van der Waals surface area contributed by atoms with Crippen molar-refractivity contribution < 1.29 is 27.9 Å². The molecular weight excluding hydrogens is 458 g/mol. The predicted octanol–water partition coefficient (Wildman–Crippen LogP) is 1.45. The Bertz CT molecular complexity index is 1040. The van der Waals surface area contributed by atoms with E-state index in [0.717, 1.165) is 11.1 Å². The molecule has 0 unspecified atom stereocenters. The number of carbonyl (C=O) groups excluding carboxylic acids is 2. The Morgan fingerprint density at radius 2 is 1.68 bits per heavy atom. The first-order chi connectivity index (χ1) is 16.2. The fraction of sp³-hybridized carbons (Fsp3) is 0.417. The quantitative estimate of drug-likeness (QED) is 0.390. The van der Waals surface area contributed by atoms with E-state index in [1.807, 2.05) is 12.1 Å². The fourth-order valence-corrected chi connectivity index (χ4v) is 4.38. The van der Waals surface area contributed by atoms with Gasteiger partial charge in [-0.15, -0.1) is 0 Å². The van der Waals surface area contributed by atoms with Gasteiger partial charge in [0.2, 0.25) is 21.8 Å². The second-order valence-corrected chi connectivity index (χ2v) is 9.47. The van der Waals surface area contributed by atoms with Gasteiger partial charge in [0.05, 0.1) is 18.6 Å². The molecular formula is C24H33N3O6S. The Morgan fingerprint density at radius 3 is 2.24 bits per heavy atom. The fourth-order valence-electron chi connectivity index (χ4n) is 3.34. The van der Waals surface area contributed by atoms with Gasteiger partial charge in [0.1, 0.15) is 11.8 Å². The Kier molecular flexibility index (Phi) is 10.5. The first kappa shape index (κ1) is 27.3. The van der Waals surface area contributed by atoms with Crippen LogP contribution in [0.5, 0.6) is 5.75 Å². The highest BCUT2D eigenvalue weighted by atomic mass is 32.2. The molecule has 3 N–H and O–H groups in total. The molecule has 2 amide bonds. The smallest absolute Gasteiger partial charge is 0.242 e. The zero-order valence-corrected chi connectivity index (χ0v) is 20.6. The molecule has 0 saturated carbocycles. The summed E-state index contributed by atoms with van der Waals surface area (Å²) in [6.07, 6.45) is 0.539. The topological polar surface area (TPSA) is 125 Å². The van der Waals surface area contributed by atoms with Crippen LogP contribution in [-0.4, -0.2) is 63.1 Å². The summed E-state index contributed by atoms with van der Waals surface area (Å²) >= 11 is 0. The summed E-state index contributed by atoms with van der Waals surface area (Å²) in [5, 5.41) is 11.6. The number of ether oxygens (including phenoxy) is 1. The number of aliphatic hydroxyl groups is 1. The molecule has 0 bridgehead atoms. The summed E-state index contributed by atoms with van der Waals surface area (Å²) in [5.41, 5.74) is 1.65. The van der Waals surface area contributed by atoms with Crippen LogP contribution in [0.15, 0.2) is 53.4 Å². The van der Waals surface area contributed by atoms with Crippen molar-refractivity contribution in [3.8, 4) is 5.75 Å². The van der Waals surface area contributed by atoms with E-state index in [1.165, 1.54) is 17.0 Å². The standard InChI is InChI=1S/C24H33N3O6S/c1-4-26-34(31,32)22-12-7-19(8-13-22)9-14-23(29)27(18(2)24(30)25-15-16-28)17-20-5-10-21(33-3)11-6-20/h5-8,10-13,18,26,28H,4,9,14-17H2,1-3H3,(H,25,30)/t18-/m0/s1. The molecule has 0 aliphatic carbocycles. The summed E-state index contributed by atoms with van der Waals surface area (Å²) in [6.45, 7) is 3.80. The van der Waals surface area contributed by atoms with Crippen LogP contribution in [0.2, 0.25) is 0 Å². The number of amides is 2. The van der Waals surface area contributed by atoms with Crippen molar-refractivity contribution >= 4 is 21.8 Å². The SMILES string of the molecule is CCNS(=O)(=O)c1ccc(CCC(=O)N(Cc2ccc(OC)cc2)[C@@H](C)C(=O)NCCO)cc1. The van der Waals surface area contributed by atoms with Gasteiger partial charge in [-0.3, -0.25) is 9.59 Å². The summed E-state index contributed by atoms with van der Waals surface area (Å²) in [6, 6.07) is 12.9. The Hall–Kier alpha value is -2.95. The molecule has 2 aromatic rings. The molecule has 0 aliphatic heterocycles. The molecule has 0 aliphatic rings. The second-order valence-electron chi connectivity index (χ2n) is 7.71. The third kappa shape index (κ3) is 7.82. The lowest BCUT2D eigenvalue weighted by atomic mass is 10.1. The number of aryl methyl sites for hydroxylation is 1. The second kappa shape index (κ2) is 13.1. The van der Waals surface area contributed by atoms with Crippen LogP contribution < -0.4 is 14.8 Å². The average Bonchev–Trinajstić information content (AvgIpc) is 2.84. The number of sulfonamides is 1. The molecule has 2 rings (SSSR count). The van der Waals surface area contributed by atoms with Crippen LogP contribution in [0.3, 0.4) is 0 Å². The van der Waals surface area contributed by atoms with Crippen molar-refractivity contribution in [2.75, 3.05) is 26.8 Å². The highest BCUT2D eigenvalue weighted by Gasteiger charge is 2.26. The number of rotatable bonds is 13. The minimum atomic E-state index is -3.54. The van der Waals surface area contributed by atoms with E-state index in [9.17, 15) is 18.0 Å². The highest BCUT2D eigenvalue weighted by molar-refractivity contribution is 7.89. The van der Waals surface area contributed by atoms with Crippen molar-refractivity contribution in [1.29, 1.82) is 0 Å². The molecule has 0 heterocycles. The lowest BCUT2D eigenvalue weighted by Gasteiger charge is -2.29. The van der Waals surface area contributed by atoms with Crippen LogP contribution in [0, 0.1) is 0 Å². The normalized spacial score (nSPS) is 12.1. The summed E-state index contributed by atoms with van der Waals surface area (Å²) in [4.78, 5) is 27.3. The molecule has 2 aromatic carbocycles. The molecule has 10 heteroatoms. The van der Waals surface area contributed by atoms with Gasteiger partial charge in [-0.25, -0.2) is 13.1 Å². The van der Waals surface area contributed by atoms with Gasteiger partial charge in [0.15, 0.2) is 0 Å². The highest BCUT2D eigenvalue weighted by Crippen LogP contribution is 2.17. The number of aliphatic hydroxyl groups excluding tert-OH is 1. The number of hydrogen-bond acceptors (Lipinski definition) is 6. The number of benzene rings is 2. The molecule has 0 aromatic heterocycles. The Balaban J connectivity index is 2.12. The van der Waals surface area contributed by atoms with Crippen molar-refractivity contribution in [3.63, 3.8) is 0 Å². The third-order valence-corrected chi connectivity index (χ3v) is 6.85. The van der Waals surface area contributed by atoms with Gasteiger partial charge >= 0.3 is 0 Å². The maximum atomic E-state index is 13.1. The van der Waals surface area contributed by atoms with E-state index in [-0.39, 0.29) is 42.8 Å². The van der Waals surface area contributed by atoms with Crippen LogP contribution >= 0.6 is 0 Å². The van der Waals surface area contributed by atoms with Gasteiger partial charge < -0.3 is 20.1 Å². The number of nitrogens with zero attached hydrogens (tertiary/aromatic N) is 1. The van der Waals surface area contributed by atoms with Gasteiger partial charge in [0, 0.05) is 26.1 Å². The number of methoxy groups -OCH3 is 1. The monoisotopic (exact) mass is 491 g/mol. The lowest BCUT2D eigenvalue weighted by molar-refractivity contribution is -0.140. The van der Waals surface area contributed by atoms with Crippen LogP contribution in [0.25, 0.3) is 0 Å². The Labute approximate surface area is 201 Å². The maximum absolute atomic E-state index is 13.1. The van der Waals surface area contributed by atoms with E-state index < -0.39 is 16.1 Å². The maximum Gasteiger partial charge on any atom is 0.242 e. The van der Waals surface area contributed by atoms with Crippen LogP contribution in [-0.2, 0) is 32.6 Å². The van der Waals surface area contributed by atoms with Gasteiger partial charge in [0.25, 0.3) is 0 Å². The van der Waals surface area contributed by atoms with E-state index in [0.29, 0.717) is 18.7 Å². The van der Waals surface area contributed by atoms with E-state index in [4.69, 9.17) is 9.84 Å². The Morgan fingerprint density at radius 1 is 1.06 bits per heavy atom. The predicted molar refractivity (Wildman–Crippen MR) is 129 cm³/mol. The number of carbonyl (C=O) groups is 2. The largest absolute Gasteiger partial charge is 0.497 e. The summed E-state index contributed by atoms with van der Waals surface area (Å²) in [5.74, 6) is 0.121. The van der Waals surface area contributed by atoms with Gasteiger partial charge in [-0.2, -0.15) is 0 Å². The molecule has 0 radical (unpaired) electrons. The zero-order chi connectivity index (χ0) is 25.1. The number of hydrogen-bond donors (Lipinski definition) is 3. The third-order valence-electron chi connectivity index (χ3n) is 5.29. The lowest BCUT2D eigenvalue weighted by Crippen LogP contribution is -2.48. The molecule has 0 spiro atoms. The number of nitrogens with one attached hydrogen (secondary N) is 2. The average molecular weight is 492 g/mol.